The SMILES string of the molecule is CC(NC(=O)C1CC(C)C(C)C(C)N1C)C(=O)O. The Balaban J connectivity index is 2.70. The van der Waals surface area contributed by atoms with Crippen LogP contribution in [0.25, 0.3) is 0 Å². The van der Waals surface area contributed by atoms with E-state index in [0.717, 1.165) is 6.42 Å². The number of rotatable bonds is 3. The van der Waals surface area contributed by atoms with E-state index in [0.29, 0.717) is 17.9 Å². The van der Waals surface area contributed by atoms with Crippen LogP contribution in [0.3, 0.4) is 0 Å². The minimum atomic E-state index is -1.00. The average Bonchev–Trinajstić information content (AvgIpc) is 2.30. The number of nitrogens with one attached hydrogen (secondary N) is 1. The van der Waals surface area contributed by atoms with Crippen molar-refractivity contribution in [3.63, 3.8) is 0 Å². The van der Waals surface area contributed by atoms with Gasteiger partial charge in [0.15, 0.2) is 0 Å². The van der Waals surface area contributed by atoms with Crippen molar-refractivity contribution in [3.8, 4) is 0 Å². The number of carbonyl (C=O) groups is 2. The van der Waals surface area contributed by atoms with E-state index in [1.807, 2.05) is 7.05 Å². The van der Waals surface area contributed by atoms with Crippen molar-refractivity contribution in [3.05, 3.63) is 0 Å². The van der Waals surface area contributed by atoms with Gasteiger partial charge in [-0.15, -0.1) is 0 Å². The summed E-state index contributed by atoms with van der Waals surface area (Å²) in [5.41, 5.74) is 0. The Labute approximate surface area is 109 Å². The summed E-state index contributed by atoms with van der Waals surface area (Å²) in [6.45, 7) is 7.94. The van der Waals surface area contributed by atoms with Gasteiger partial charge in [0.1, 0.15) is 6.04 Å². The molecular formula is C13H24N2O3. The molecule has 1 rings (SSSR count). The van der Waals surface area contributed by atoms with Gasteiger partial charge in [0, 0.05) is 6.04 Å². The lowest BCUT2D eigenvalue weighted by Gasteiger charge is -2.44. The van der Waals surface area contributed by atoms with E-state index in [4.69, 9.17) is 5.11 Å². The molecular weight excluding hydrogens is 232 g/mol. The van der Waals surface area contributed by atoms with Gasteiger partial charge in [-0.3, -0.25) is 14.5 Å². The number of carbonyl (C=O) groups excluding carboxylic acids is 1. The van der Waals surface area contributed by atoms with Gasteiger partial charge in [0.25, 0.3) is 0 Å². The molecule has 0 aromatic carbocycles. The number of likely N-dealkylation sites (tertiary alicyclic amines) is 1. The van der Waals surface area contributed by atoms with Crippen molar-refractivity contribution in [1.82, 2.24) is 10.2 Å². The van der Waals surface area contributed by atoms with Crippen LogP contribution < -0.4 is 5.32 Å². The van der Waals surface area contributed by atoms with Crippen LogP contribution in [-0.2, 0) is 9.59 Å². The summed E-state index contributed by atoms with van der Waals surface area (Å²) < 4.78 is 0. The third-order valence-corrected chi connectivity index (χ3v) is 4.42. The van der Waals surface area contributed by atoms with E-state index in [-0.39, 0.29) is 11.9 Å². The van der Waals surface area contributed by atoms with Gasteiger partial charge in [-0.1, -0.05) is 13.8 Å². The normalized spacial score (nSPS) is 34.9. The topological polar surface area (TPSA) is 69.6 Å². The second-order valence-corrected chi connectivity index (χ2v) is 5.56. The fourth-order valence-corrected chi connectivity index (χ4v) is 2.53. The molecule has 0 saturated carbocycles. The van der Waals surface area contributed by atoms with Gasteiger partial charge >= 0.3 is 5.97 Å². The number of amides is 1. The largest absolute Gasteiger partial charge is 0.480 e. The first kappa shape index (κ1) is 15.0. The van der Waals surface area contributed by atoms with Crippen LogP contribution in [0.1, 0.15) is 34.1 Å². The second-order valence-electron chi connectivity index (χ2n) is 5.56. The average molecular weight is 256 g/mol. The molecule has 5 atom stereocenters. The van der Waals surface area contributed by atoms with Crippen molar-refractivity contribution in [1.29, 1.82) is 0 Å². The number of carboxylic acid groups (broad SMARTS) is 1. The third-order valence-electron chi connectivity index (χ3n) is 4.42. The second kappa shape index (κ2) is 5.69. The Morgan fingerprint density at radius 2 is 1.89 bits per heavy atom. The zero-order valence-electron chi connectivity index (χ0n) is 11.8. The number of carboxylic acids is 1. The zero-order valence-corrected chi connectivity index (χ0v) is 11.8. The molecule has 2 N–H and O–H groups in total. The van der Waals surface area contributed by atoms with Gasteiger partial charge in [-0.05, 0) is 39.2 Å². The highest BCUT2D eigenvalue weighted by Gasteiger charge is 2.38. The van der Waals surface area contributed by atoms with Crippen LogP contribution in [-0.4, -0.2) is 47.1 Å². The molecule has 1 aliphatic rings. The summed E-state index contributed by atoms with van der Waals surface area (Å²) in [4.78, 5) is 24.9. The molecule has 1 amide bonds. The van der Waals surface area contributed by atoms with Crippen LogP contribution in [0.2, 0.25) is 0 Å². The first-order valence-corrected chi connectivity index (χ1v) is 6.50. The Hall–Kier alpha value is -1.10. The molecule has 18 heavy (non-hydrogen) atoms. The number of aliphatic carboxylic acids is 1. The molecule has 1 aliphatic heterocycles. The number of likely N-dealkylation sites (N-methyl/N-ethyl adjacent to an activating group) is 1. The van der Waals surface area contributed by atoms with Crippen LogP contribution in [0.15, 0.2) is 0 Å². The summed E-state index contributed by atoms with van der Waals surface area (Å²) in [7, 11) is 1.93. The van der Waals surface area contributed by atoms with Gasteiger partial charge in [0.2, 0.25) is 5.91 Å². The fourth-order valence-electron chi connectivity index (χ4n) is 2.53. The van der Waals surface area contributed by atoms with E-state index in [2.05, 4.69) is 31.0 Å². The summed E-state index contributed by atoms with van der Waals surface area (Å²) in [5, 5.41) is 11.4. The van der Waals surface area contributed by atoms with Crippen molar-refractivity contribution < 1.29 is 14.7 Å². The van der Waals surface area contributed by atoms with Gasteiger partial charge in [0.05, 0.1) is 6.04 Å². The highest BCUT2D eigenvalue weighted by atomic mass is 16.4. The predicted molar refractivity (Wildman–Crippen MR) is 69.2 cm³/mol. The van der Waals surface area contributed by atoms with Crippen molar-refractivity contribution in [2.75, 3.05) is 7.05 Å². The molecule has 0 radical (unpaired) electrons. The Kier molecular flexibility index (Phi) is 4.73. The maximum absolute atomic E-state index is 12.1. The molecule has 1 saturated heterocycles. The molecule has 0 spiro atoms. The maximum atomic E-state index is 12.1. The number of hydrogen-bond donors (Lipinski definition) is 2. The van der Waals surface area contributed by atoms with Crippen LogP contribution in [0, 0.1) is 11.8 Å². The number of nitrogens with zero attached hydrogens (tertiary/aromatic N) is 1. The number of hydrogen-bond acceptors (Lipinski definition) is 3. The minimum Gasteiger partial charge on any atom is -0.480 e. The standard InChI is InChI=1S/C13H24N2O3/c1-7-6-11(15(5)10(4)8(7)2)12(16)14-9(3)13(17)18/h7-11H,6H2,1-5H3,(H,14,16)(H,17,18). The minimum absolute atomic E-state index is 0.182. The van der Waals surface area contributed by atoms with E-state index in [9.17, 15) is 9.59 Å². The van der Waals surface area contributed by atoms with E-state index < -0.39 is 12.0 Å². The van der Waals surface area contributed by atoms with Crippen molar-refractivity contribution in [2.45, 2.75) is 52.2 Å². The smallest absolute Gasteiger partial charge is 0.325 e. The van der Waals surface area contributed by atoms with Gasteiger partial charge < -0.3 is 10.4 Å². The summed E-state index contributed by atoms with van der Waals surface area (Å²) >= 11 is 0. The van der Waals surface area contributed by atoms with Crippen molar-refractivity contribution in [2.24, 2.45) is 11.8 Å². The lowest BCUT2D eigenvalue weighted by atomic mass is 9.79. The molecule has 5 nitrogen and oxygen atoms in total. The molecule has 0 bridgehead atoms. The zero-order chi connectivity index (χ0) is 14.0. The van der Waals surface area contributed by atoms with Crippen LogP contribution in [0.5, 0.6) is 0 Å². The van der Waals surface area contributed by atoms with Gasteiger partial charge in [-0.25, -0.2) is 0 Å². The molecule has 0 aromatic heterocycles. The van der Waals surface area contributed by atoms with Gasteiger partial charge in [-0.2, -0.15) is 0 Å². The highest BCUT2D eigenvalue weighted by Crippen LogP contribution is 2.31. The van der Waals surface area contributed by atoms with E-state index in [1.165, 1.54) is 6.92 Å². The predicted octanol–water partition coefficient (Wildman–Crippen LogP) is 0.941. The molecule has 5 unspecified atom stereocenters. The molecule has 104 valence electrons. The summed E-state index contributed by atoms with van der Waals surface area (Å²) in [5.74, 6) is -0.183. The molecule has 1 heterocycles. The monoisotopic (exact) mass is 256 g/mol. The first-order valence-electron chi connectivity index (χ1n) is 6.50. The van der Waals surface area contributed by atoms with Crippen LogP contribution in [0.4, 0.5) is 0 Å². The lowest BCUT2D eigenvalue weighted by Crippen LogP contribution is -2.57. The summed E-state index contributed by atoms with van der Waals surface area (Å²) in [6, 6.07) is -0.742. The lowest BCUT2D eigenvalue weighted by molar-refractivity contribution is -0.143. The third kappa shape index (κ3) is 3.02. The fraction of sp³-hybridized carbons (Fsp3) is 0.846. The highest BCUT2D eigenvalue weighted by molar-refractivity contribution is 5.86. The maximum Gasteiger partial charge on any atom is 0.325 e. The number of piperidine rings is 1. The van der Waals surface area contributed by atoms with Crippen molar-refractivity contribution >= 4 is 11.9 Å². The van der Waals surface area contributed by atoms with E-state index >= 15 is 0 Å². The molecule has 5 heteroatoms. The molecule has 0 aliphatic carbocycles. The quantitative estimate of drug-likeness (QED) is 0.788. The molecule has 0 aromatic rings. The Morgan fingerprint density at radius 1 is 1.33 bits per heavy atom. The summed E-state index contributed by atoms with van der Waals surface area (Å²) in [6.07, 6.45) is 0.778. The van der Waals surface area contributed by atoms with Crippen LogP contribution >= 0.6 is 0 Å². The molecule has 1 fully saturated rings. The first-order chi connectivity index (χ1) is 8.25. The van der Waals surface area contributed by atoms with E-state index in [1.54, 1.807) is 0 Å². The Morgan fingerprint density at radius 3 is 2.39 bits per heavy atom. The Bertz CT molecular complexity index is 332.